The first-order valence-electron chi connectivity index (χ1n) is 8.64. The fourth-order valence-corrected chi connectivity index (χ4v) is 2.65. The molecule has 1 aromatic heterocycles. The molecule has 154 valence electrons. The molecule has 1 heterocycles. The lowest BCUT2D eigenvalue weighted by Gasteiger charge is -2.08. The van der Waals surface area contributed by atoms with Gasteiger partial charge in [0, 0.05) is 6.07 Å². The van der Waals surface area contributed by atoms with Crippen molar-refractivity contribution in [2.24, 2.45) is 0 Å². The van der Waals surface area contributed by atoms with Gasteiger partial charge in [0.15, 0.2) is 18.1 Å². The highest BCUT2D eigenvalue weighted by molar-refractivity contribution is 6.10. The Balaban J connectivity index is 2.22. The molecular weight excluding hydrogens is 384 g/mol. The summed E-state index contributed by atoms with van der Waals surface area (Å²) < 4.78 is 15.5. The number of esters is 1. The van der Waals surface area contributed by atoms with Gasteiger partial charge in [-0.25, -0.2) is 4.79 Å². The minimum Gasteiger partial charge on any atom is -0.477 e. The van der Waals surface area contributed by atoms with Crippen LogP contribution in [0.4, 0.5) is 11.6 Å². The molecule has 1 amide bonds. The van der Waals surface area contributed by atoms with Crippen LogP contribution < -0.4 is 10.1 Å². The Morgan fingerprint density at radius 1 is 1.21 bits per heavy atom. The summed E-state index contributed by atoms with van der Waals surface area (Å²) in [6, 6.07) is 4.31. The lowest BCUT2D eigenvalue weighted by atomic mass is 10.1. The molecule has 1 N–H and O–H groups in total. The molecule has 2 aromatic rings. The zero-order valence-corrected chi connectivity index (χ0v) is 16.4. The quantitative estimate of drug-likeness (QED) is 0.306. The summed E-state index contributed by atoms with van der Waals surface area (Å²) in [7, 11) is 0. The maximum Gasteiger partial charge on any atom is 0.344 e. The van der Waals surface area contributed by atoms with E-state index in [-0.39, 0.29) is 40.8 Å². The van der Waals surface area contributed by atoms with E-state index >= 15 is 0 Å². The van der Waals surface area contributed by atoms with Crippen LogP contribution >= 0.6 is 0 Å². The van der Waals surface area contributed by atoms with Gasteiger partial charge in [-0.1, -0.05) is 6.07 Å². The van der Waals surface area contributed by atoms with Gasteiger partial charge in [-0.3, -0.25) is 25.0 Å². The van der Waals surface area contributed by atoms with Gasteiger partial charge in [0.05, 0.1) is 17.1 Å². The second-order valence-corrected chi connectivity index (χ2v) is 6.08. The van der Waals surface area contributed by atoms with E-state index < -0.39 is 29.2 Å². The number of amides is 1. The SMILES string of the molecule is CCOC(=O)c1c(NC(=O)COc2ccc(C)cc2[N+](=O)[O-])oc(C)c1C(C)=O. The molecule has 0 atom stereocenters. The summed E-state index contributed by atoms with van der Waals surface area (Å²) in [4.78, 5) is 46.8. The van der Waals surface area contributed by atoms with Crippen LogP contribution in [0.25, 0.3) is 0 Å². The van der Waals surface area contributed by atoms with Gasteiger partial charge in [-0.2, -0.15) is 0 Å². The number of ether oxygens (including phenoxy) is 2. The van der Waals surface area contributed by atoms with Crippen molar-refractivity contribution in [2.75, 3.05) is 18.5 Å². The van der Waals surface area contributed by atoms with Gasteiger partial charge in [-0.15, -0.1) is 0 Å². The molecule has 0 fully saturated rings. The number of rotatable bonds is 8. The zero-order valence-electron chi connectivity index (χ0n) is 16.4. The van der Waals surface area contributed by atoms with E-state index in [9.17, 15) is 24.5 Å². The van der Waals surface area contributed by atoms with E-state index in [4.69, 9.17) is 13.9 Å². The number of anilines is 1. The van der Waals surface area contributed by atoms with E-state index in [0.29, 0.717) is 5.56 Å². The first kappa shape index (κ1) is 21.6. The van der Waals surface area contributed by atoms with Crippen LogP contribution in [0.3, 0.4) is 0 Å². The number of benzene rings is 1. The smallest absolute Gasteiger partial charge is 0.344 e. The first-order valence-corrected chi connectivity index (χ1v) is 8.64. The van der Waals surface area contributed by atoms with Gasteiger partial charge >= 0.3 is 11.7 Å². The molecule has 0 aliphatic heterocycles. The van der Waals surface area contributed by atoms with Crippen LogP contribution in [0.1, 0.15) is 45.9 Å². The molecule has 0 unspecified atom stereocenters. The molecule has 29 heavy (non-hydrogen) atoms. The molecule has 1 aromatic carbocycles. The van der Waals surface area contributed by atoms with Gasteiger partial charge in [0.2, 0.25) is 5.88 Å². The number of nitrogens with one attached hydrogen (secondary N) is 1. The Bertz CT molecular complexity index is 977. The molecular formula is C19H20N2O8. The number of nitrogens with zero attached hydrogens (tertiary/aromatic N) is 1. The van der Waals surface area contributed by atoms with Crippen molar-refractivity contribution >= 4 is 29.2 Å². The minimum atomic E-state index is -0.819. The molecule has 0 bridgehead atoms. The van der Waals surface area contributed by atoms with Gasteiger partial charge in [0.1, 0.15) is 11.3 Å². The van der Waals surface area contributed by atoms with Crippen LogP contribution in [-0.4, -0.2) is 35.8 Å². The average molecular weight is 404 g/mol. The summed E-state index contributed by atoms with van der Waals surface area (Å²) in [5, 5.41) is 13.5. The molecule has 0 aliphatic carbocycles. The van der Waals surface area contributed by atoms with E-state index in [1.165, 1.54) is 26.0 Å². The predicted octanol–water partition coefficient (Wildman–Crippen LogP) is 3.20. The largest absolute Gasteiger partial charge is 0.477 e. The number of nitro groups is 1. The van der Waals surface area contributed by atoms with E-state index in [1.54, 1.807) is 19.9 Å². The highest BCUT2D eigenvalue weighted by atomic mass is 16.6. The molecule has 0 saturated heterocycles. The van der Waals surface area contributed by atoms with Crippen molar-refractivity contribution in [1.82, 2.24) is 0 Å². The number of hydrogen-bond acceptors (Lipinski definition) is 8. The Kier molecular flexibility index (Phi) is 6.71. The number of furan rings is 1. The van der Waals surface area contributed by atoms with E-state index in [1.807, 2.05) is 0 Å². The summed E-state index contributed by atoms with van der Waals surface area (Å²) in [5.41, 5.74) is 0.202. The Morgan fingerprint density at radius 2 is 1.90 bits per heavy atom. The highest BCUT2D eigenvalue weighted by Crippen LogP contribution is 2.29. The summed E-state index contributed by atoms with van der Waals surface area (Å²) in [5.74, 6) is -2.18. The highest BCUT2D eigenvalue weighted by Gasteiger charge is 2.29. The van der Waals surface area contributed by atoms with Crippen LogP contribution in [0.2, 0.25) is 0 Å². The second-order valence-electron chi connectivity index (χ2n) is 6.08. The maximum atomic E-state index is 12.3. The number of hydrogen-bond donors (Lipinski definition) is 1. The lowest BCUT2D eigenvalue weighted by Crippen LogP contribution is -2.22. The van der Waals surface area contributed by atoms with Gasteiger partial charge in [0.25, 0.3) is 5.91 Å². The molecule has 0 spiro atoms. The standard InChI is InChI=1S/C19H20N2O8/c1-5-27-19(24)17-16(11(3)22)12(4)29-18(17)20-15(23)9-28-14-7-6-10(2)8-13(14)21(25)26/h6-8H,5,9H2,1-4H3,(H,20,23). The topological polar surface area (TPSA) is 138 Å². The summed E-state index contributed by atoms with van der Waals surface area (Å²) >= 11 is 0. The second kappa shape index (κ2) is 9.00. The minimum absolute atomic E-state index is 0.00819. The third-order valence-corrected chi connectivity index (χ3v) is 3.84. The number of ketones is 1. The van der Waals surface area contributed by atoms with Crippen molar-refractivity contribution < 1.29 is 33.2 Å². The van der Waals surface area contributed by atoms with Gasteiger partial charge < -0.3 is 13.9 Å². The van der Waals surface area contributed by atoms with Crippen LogP contribution in [-0.2, 0) is 9.53 Å². The van der Waals surface area contributed by atoms with Crippen molar-refractivity contribution in [2.45, 2.75) is 27.7 Å². The van der Waals surface area contributed by atoms with Crippen molar-refractivity contribution in [1.29, 1.82) is 0 Å². The summed E-state index contributed by atoms with van der Waals surface area (Å²) in [6.07, 6.45) is 0. The van der Waals surface area contributed by atoms with E-state index in [2.05, 4.69) is 5.32 Å². The maximum absolute atomic E-state index is 12.3. The molecule has 0 aliphatic rings. The molecule has 2 rings (SSSR count). The third-order valence-electron chi connectivity index (χ3n) is 3.84. The van der Waals surface area contributed by atoms with Crippen molar-refractivity contribution in [3.05, 3.63) is 50.8 Å². The number of Topliss-reactive ketones (excluding diaryl/α,β-unsaturated/α-hetero) is 1. The fraction of sp³-hybridized carbons (Fsp3) is 0.316. The fourth-order valence-electron chi connectivity index (χ4n) is 2.65. The number of nitro benzene ring substituents is 1. The lowest BCUT2D eigenvalue weighted by molar-refractivity contribution is -0.385. The van der Waals surface area contributed by atoms with Crippen molar-refractivity contribution in [3.63, 3.8) is 0 Å². The molecule has 10 heteroatoms. The zero-order chi connectivity index (χ0) is 21.7. The van der Waals surface area contributed by atoms with E-state index in [0.717, 1.165) is 0 Å². The van der Waals surface area contributed by atoms with Crippen LogP contribution in [0, 0.1) is 24.0 Å². The predicted molar refractivity (Wildman–Crippen MR) is 101 cm³/mol. The Labute approximate surface area is 165 Å². The average Bonchev–Trinajstić information content (AvgIpc) is 2.96. The molecule has 0 radical (unpaired) electrons. The number of aryl methyl sites for hydroxylation is 2. The van der Waals surface area contributed by atoms with Gasteiger partial charge in [-0.05, 0) is 39.3 Å². The Hall–Kier alpha value is -3.69. The molecule has 0 saturated carbocycles. The van der Waals surface area contributed by atoms with Crippen molar-refractivity contribution in [3.8, 4) is 5.75 Å². The van der Waals surface area contributed by atoms with Crippen LogP contribution in [0.15, 0.2) is 22.6 Å². The number of carbonyl (C=O) groups is 3. The number of carbonyl (C=O) groups excluding carboxylic acids is 3. The summed E-state index contributed by atoms with van der Waals surface area (Å²) in [6.45, 7) is 5.49. The van der Waals surface area contributed by atoms with Crippen LogP contribution in [0.5, 0.6) is 5.75 Å². The molecule has 10 nitrogen and oxygen atoms in total. The normalized spacial score (nSPS) is 10.3. The first-order chi connectivity index (χ1) is 13.6. The third kappa shape index (κ3) is 4.98. The monoisotopic (exact) mass is 404 g/mol. The Morgan fingerprint density at radius 3 is 2.48 bits per heavy atom.